The highest BCUT2D eigenvalue weighted by atomic mass is 35.5. The minimum Gasteiger partial charge on any atom is -0.494 e. The van der Waals surface area contributed by atoms with Gasteiger partial charge in [0, 0.05) is 32.1 Å². The molecule has 5 aromatic rings. The molecule has 0 spiro atoms. The van der Waals surface area contributed by atoms with Crippen LogP contribution in [-0.2, 0) is 9.59 Å². The molecule has 1 aromatic heterocycles. The van der Waals surface area contributed by atoms with Gasteiger partial charge in [-0.15, -0.1) is 23.1 Å². The van der Waals surface area contributed by atoms with Gasteiger partial charge in [0.1, 0.15) is 11.4 Å². The molecule has 8 nitrogen and oxygen atoms in total. The number of aromatic nitrogens is 1. The van der Waals surface area contributed by atoms with E-state index in [1.165, 1.54) is 23.1 Å². The highest BCUT2D eigenvalue weighted by Crippen LogP contribution is 2.32. The van der Waals surface area contributed by atoms with Gasteiger partial charge in [-0.05, 0) is 73.5 Å². The van der Waals surface area contributed by atoms with Crippen LogP contribution in [0, 0.1) is 0 Å². The molecule has 3 amide bonds. The van der Waals surface area contributed by atoms with Crippen LogP contribution in [0.3, 0.4) is 0 Å². The van der Waals surface area contributed by atoms with E-state index in [9.17, 15) is 14.4 Å². The van der Waals surface area contributed by atoms with Gasteiger partial charge in [0.25, 0.3) is 11.8 Å². The first-order chi connectivity index (χ1) is 23.3. The first kappa shape index (κ1) is 34.4. The summed E-state index contributed by atoms with van der Waals surface area (Å²) in [6, 6.07) is 30.6. The first-order valence-electron chi connectivity index (χ1n) is 15.2. The summed E-state index contributed by atoms with van der Waals surface area (Å²) < 4.78 is 5.52. The molecule has 0 radical (unpaired) electrons. The number of rotatable bonds is 13. The average molecular weight is 697 g/mol. The number of halogens is 1. The number of carbonyl (C=O) groups excluding carboxylic acids is 3. The molecule has 0 saturated carbocycles. The Labute approximate surface area is 292 Å². The van der Waals surface area contributed by atoms with Gasteiger partial charge in [-0.1, -0.05) is 73.1 Å². The molecule has 0 bridgehead atoms. The van der Waals surface area contributed by atoms with Gasteiger partial charge in [-0.25, -0.2) is 4.98 Å². The minimum atomic E-state index is -0.502. The fourth-order valence-corrected chi connectivity index (χ4v) is 6.54. The standard InChI is InChI=1S/C37H33ClN4O4S2/c1-3-33(36(45)42-37-41-32(23-47-37)29-15-8-9-16-30(29)38)48-28-14-10-13-26(22-28)39-35(44)31(40-34(43)25-11-6-5-7-12-25)21-24-17-19-27(20-18-24)46-4-2/h5-23,33H,3-4H2,1-2H3,(H,39,44)(H,40,43)(H,41,42,45)/b31-21+. The second-order valence-electron chi connectivity index (χ2n) is 10.4. The summed E-state index contributed by atoms with van der Waals surface area (Å²) in [5.41, 5.74) is 3.20. The van der Waals surface area contributed by atoms with Gasteiger partial charge >= 0.3 is 0 Å². The fraction of sp³-hybridized carbons (Fsp3) is 0.135. The van der Waals surface area contributed by atoms with Crippen LogP contribution in [0.25, 0.3) is 17.3 Å². The molecule has 0 saturated heterocycles. The highest BCUT2D eigenvalue weighted by molar-refractivity contribution is 8.00. The second-order valence-corrected chi connectivity index (χ2v) is 12.9. The lowest BCUT2D eigenvalue weighted by Crippen LogP contribution is -2.30. The summed E-state index contributed by atoms with van der Waals surface area (Å²) in [7, 11) is 0. The van der Waals surface area contributed by atoms with E-state index in [1.807, 2.05) is 61.7 Å². The number of hydrogen-bond acceptors (Lipinski definition) is 7. The molecule has 1 heterocycles. The topological polar surface area (TPSA) is 109 Å². The number of carbonyl (C=O) groups is 3. The highest BCUT2D eigenvalue weighted by Gasteiger charge is 2.21. The number of nitrogens with zero attached hydrogens (tertiary/aromatic N) is 1. The zero-order valence-electron chi connectivity index (χ0n) is 26.2. The molecule has 1 atom stereocenters. The summed E-state index contributed by atoms with van der Waals surface area (Å²) in [6.45, 7) is 4.38. The Morgan fingerprint density at radius 2 is 1.67 bits per heavy atom. The Balaban J connectivity index is 1.28. The monoisotopic (exact) mass is 696 g/mol. The maximum absolute atomic E-state index is 13.6. The van der Waals surface area contributed by atoms with Crippen molar-refractivity contribution >= 4 is 69.3 Å². The van der Waals surface area contributed by atoms with Gasteiger partial charge < -0.3 is 20.7 Å². The summed E-state index contributed by atoms with van der Waals surface area (Å²) in [4.78, 5) is 45.2. The summed E-state index contributed by atoms with van der Waals surface area (Å²) in [6.07, 6.45) is 2.17. The molecule has 3 N–H and O–H groups in total. The third-order valence-electron chi connectivity index (χ3n) is 6.95. The van der Waals surface area contributed by atoms with Crippen molar-refractivity contribution in [3.8, 4) is 17.0 Å². The molecule has 0 aliphatic rings. The van der Waals surface area contributed by atoms with Crippen molar-refractivity contribution < 1.29 is 19.1 Å². The molecular weight excluding hydrogens is 664 g/mol. The van der Waals surface area contributed by atoms with Crippen LogP contribution in [0.15, 0.2) is 119 Å². The lowest BCUT2D eigenvalue weighted by Gasteiger charge is -2.15. The summed E-state index contributed by atoms with van der Waals surface area (Å²) >= 11 is 9.04. The summed E-state index contributed by atoms with van der Waals surface area (Å²) in [5, 5.41) is 11.1. The predicted molar refractivity (Wildman–Crippen MR) is 196 cm³/mol. The van der Waals surface area contributed by atoms with Crippen LogP contribution in [0.5, 0.6) is 5.75 Å². The molecule has 0 fully saturated rings. The Kier molecular flexibility index (Phi) is 12.0. The Hall–Kier alpha value is -4.90. The SMILES string of the molecule is CCOc1ccc(/C=C(/NC(=O)c2ccccc2)C(=O)Nc2cccc(SC(CC)C(=O)Nc3nc(-c4ccccc4Cl)cs3)c2)cc1. The molecule has 11 heteroatoms. The maximum Gasteiger partial charge on any atom is 0.272 e. The number of ether oxygens (including phenoxy) is 1. The largest absolute Gasteiger partial charge is 0.494 e. The number of benzene rings is 4. The van der Waals surface area contributed by atoms with E-state index >= 15 is 0 Å². The van der Waals surface area contributed by atoms with Gasteiger partial charge in [0.15, 0.2) is 5.13 Å². The van der Waals surface area contributed by atoms with E-state index in [-0.39, 0.29) is 11.6 Å². The van der Waals surface area contributed by atoms with E-state index in [4.69, 9.17) is 16.3 Å². The normalized spacial score (nSPS) is 11.8. The quantitative estimate of drug-likeness (QED) is 0.0839. The van der Waals surface area contributed by atoms with Crippen LogP contribution in [0.4, 0.5) is 10.8 Å². The zero-order chi connectivity index (χ0) is 33.9. The van der Waals surface area contributed by atoms with Crippen molar-refractivity contribution in [1.82, 2.24) is 10.3 Å². The molecule has 5 rings (SSSR count). The zero-order valence-corrected chi connectivity index (χ0v) is 28.6. The van der Waals surface area contributed by atoms with Crippen molar-refractivity contribution in [1.29, 1.82) is 0 Å². The van der Waals surface area contributed by atoms with Crippen LogP contribution < -0.4 is 20.7 Å². The number of thiazole rings is 1. The fourth-order valence-electron chi connectivity index (χ4n) is 4.58. The van der Waals surface area contributed by atoms with Crippen molar-refractivity contribution in [2.45, 2.75) is 30.4 Å². The number of anilines is 2. The lowest BCUT2D eigenvalue weighted by molar-refractivity contribution is -0.116. The number of nitrogens with one attached hydrogen (secondary N) is 3. The molecule has 1 unspecified atom stereocenters. The lowest BCUT2D eigenvalue weighted by atomic mass is 10.1. The molecule has 0 aliphatic heterocycles. The van der Waals surface area contributed by atoms with E-state index < -0.39 is 17.1 Å². The smallest absolute Gasteiger partial charge is 0.272 e. The first-order valence-corrected chi connectivity index (χ1v) is 17.4. The summed E-state index contributed by atoms with van der Waals surface area (Å²) in [5.74, 6) is -0.390. The van der Waals surface area contributed by atoms with E-state index in [1.54, 1.807) is 66.7 Å². The van der Waals surface area contributed by atoms with E-state index in [0.717, 1.165) is 10.5 Å². The number of amides is 3. The molecule has 48 heavy (non-hydrogen) atoms. The van der Waals surface area contributed by atoms with Crippen LogP contribution >= 0.6 is 34.7 Å². The molecule has 244 valence electrons. The van der Waals surface area contributed by atoms with Crippen molar-refractivity contribution in [2.75, 3.05) is 17.2 Å². The Morgan fingerprint density at radius 1 is 0.917 bits per heavy atom. The second kappa shape index (κ2) is 16.8. The molecule has 0 aliphatic carbocycles. The molecule has 4 aromatic carbocycles. The van der Waals surface area contributed by atoms with Crippen LogP contribution in [0.2, 0.25) is 5.02 Å². The third kappa shape index (κ3) is 9.34. The average Bonchev–Trinajstić information content (AvgIpc) is 3.56. The van der Waals surface area contributed by atoms with Crippen LogP contribution in [0.1, 0.15) is 36.2 Å². The van der Waals surface area contributed by atoms with Crippen molar-refractivity contribution in [3.63, 3.8) is 0 Å². The van der Waals surface area contributed by atoms with Gasteiger partial charge in [0.05, 0.1) is 17.6 Å². The van der Waals surface area contributed by atoms with Crippen molar-refractivity contribution in [2.24, 2.45) is 0 Å². The predicted octanol–water partition coefficient (Wildman–Crippen LogP) is 8.78. The van der Waals surface area contributed by atoms with Crippen molar-refractivity contribution in [3.05, 3.63) is 130 Å². The Bertz CT molecular complexity index is 1910. The van der Waals surface area contributed by atoms with Gasteiger partial charge in [0.2, 0.25) is 5.91 Å². The maximum atomic E-state index is 13.6. The molecular formula is C37H33ClN4O4S2. The Morgan fingerprint density at radius 3 is 2.40 bits per heavy atom. The van der Waals surface area contributed by atoms with Gasteiger partial charge in [-0.3, -0.25) is 14.4 Å². The van der Waals surface area contributed by atoms with E-state index in [2.05, 4.69) is 20.9 Å². The van der Waals surface area contributed by atoms with Gasteiger partial charge in [-0.2, -0.15) is 0 Å². The number of thioether (sulfide) groups is 1. The third-order valence-corrected chi connectivity index (χ3v) is 9.39. The number of hydrogen-bond donors (Lipinski definition) is 3. The van der Waals surface area contributed by atoms with Crippen LogP contribution in [-0.4, -0.2) is 34.6 Å². The van der Waals surface area contributed by atoms with E-state index in [0.29, 0.717) is 51.4 Å². The minimum absolute atomic E-state index is 0.0662.